The highest BCUT2D eigenvalue weighted by molar-refractivity contribution is 5.65. The van der Waals surface area contributed by atoms with Gasteiger partial charge in [0, 0.05) is 17.9 Å². The molecule has 0 spiro atoms. The first-order valence-corrected chi connectivity index (χ1v) is 11.9. The molecule has 0 amide bonds. The summed E-state index contributed by atoms with van der Waals surface area (Å²) in [7, 11) is 0. The summed E-state index contributed by atoms with van der Waals surface area (Å²) in [6, 6.07) is 13.0. The van der Waals surface area contributed by atoms with Crippen LogP contribution < -0.4 is 4.74 Å². The third-order valence-electron chi connectivity index (χ3n) is 5.93. The number of aryl methyl sites for hydroxylation is 1. The first-order valence-electron chi connectivity index (χ1n) is 11.9. The van der Waals surface area contributed by atoms with Crippen molar-refractivity contribution in [3.63, 3.8) is 0 Å². The molecule has 1 fully saturated rings. The van der Waals surface area contributed by atoms with E-state index in [0.717, 1.165) is 42.9 Å². The Bertz CT molecular complexity index is 767. The van der Waals surface area contributed by atoms with Crippen LogP contribution in [-0.4, -0.2) is 26.1 Å². The monoisotopic (exact) mass is 428 g/mol. The summed E-state index contributed by atoms with van der Waals surface area (Å²) in [6.45, 7) is 6.38. The highest BCUT2D eigenvalue weighted by atomic mass is 19.1. The minimum atomic E-state index is -0.199. The highest BCUT2D eigenvalue weighted by Gasteiger charge is 2.21. The fourth-order valence-corrected chi connectivity index (χ4v) is 4.08. The van der Waals surface area contributed by atoms with E-state index in [1.165, 1.54) is 38.5 Å². The van der Waals surface area contributed by atoms with Crippen LogP contribution in [0.5, 0.6) is 5.75 Å². The Kier molecular flexibility index (Phi) is 9.83. The summed E-state index contributed by atoms with van der Waals surface area (Å²) in [5.74, 6) is 1.12. The van der Waals surface area contributed by atoms with E-state index in [9.17, 15) is 4.39 Å². The van der Waals surface area contributed by atoms with Gasteiger partial charge in [0.1, 0.15) is 11.6 Å². The summed E-state index contributed by atoms with van der Waals surface area (Å²) < 4.78 is 32.0. The lowest BCUT2D eigenvalue weighted by Gasteiger charge is -2.29. The van der Waals surface area contributed by atoms with Gasteiger partial charge in [0.15, 0.2) is 6.29 Å². The minimum absolute atomic E-state index is 0.176. The summed E-state index contributed by atoms with van der Waals surface area (Å²) >= 11 is 0. The lowest BCUT2D eigenvalue weighted by Crippen LogP contribution is -2.32. The third-order valence-corrected chi connectivity index (χ3v) is 5.93. The van der Waals surface area contributed by atoms with Crippen LogP contribution in [0.3, 0.4) is 0 Å². The average molecular weight is 429 g/mol. The van der Waals surface area contributed by atoms with Gasteiger partial charge in [0.05, 0.1) is 19.8 Å². The molecule has 1 heterocycles. The Morgan fingerprint density at radius 3 is 2.32 bits per heavy atom. The third kappa shape index (κ3) is 7.62. The Morgan fingerprint density at radius 1 is 0.903 bits per heavy atom. The highest BCUT2D eigenvalue weighted by Crippen LogP contribution is 2.27. The molecule has 0 aromatic heterocycles. The Hall–Kier alpha value is -1.91. The number of unbranched alkanes of at least 4 members (excludes halogenated alkanes) is 4. The van der Waals surface area contributed by atoms with Crippen LogP contribution in [0, 0.1) is 11.7 Å². The van der Waals surface area contributed by atoms with E-state index in [-0.39, 0.29) is 12.1 Å². The predicted molar refractivity (Wildman–Crippen MR) is 124 cm³/mol. The van der Waals surface area contributed by atoms with Gasteiger partial charge in [-0.15, -0.1) is 0 Å². The van der Waals surface area contributed by atoms with Crippen molar-refractivity contribution in [3.8, 4) is 16.9 Å². The van der Waals surface area contributed by atoms with Gasteiger partial charge < -0.3 is 14.2 Å². The number of halogens is 1. The molecular weight excluding hydrogens is 391 g/mol. The topological polar surface area (TPSA) is 27.7 Å². The van der Waals surface area contributed by atoms with Gasteiger partial charge in [0.25, 0.3) is 0 Å². The van der Waals surface area contributed by atoms with E-state index in [1.807, 2.05) is 43.3 Å². The van der Waals surface area contributed by atoms with Crippen LogP contribution in [0.4, 0.5) is 4.39 Å². The molecule has 0 atom stereocenters. The van der Waals surface area contributed by atoms with Crippen LogP contribution >= 0.6 is 0 Å². The predicted octanol–water partition coefficient (Wildman–Crippen LogP) is 7.17. The van der Waals surface area contributed by atoms with Gasteiger partial charge in [0.2, 0.25) is 0 Å². The molecule has 3 rings (SSSR count). The zero-order chi connectivity index (χ0) is 21.9. The number of ether oxygens (including phenoxy) is 3. The van der Waals surface area contributed by atoms with Crippen LogP contribution in [0.15, 0.2) is 42.5 Å². The van der Waals surface area contributed by atoms with Crippen LogP contribution in [0.1, 0.15) is 64.4 Å². The smallest absolute Gasteiger partial charge is 0.157 e. The molecule has 0 N–H and O–H groups in total. The fourth-order valence-electron chi connectivity index (χ4n) is 4.08. The second kappa shape index (κ2) is 12.8. The normalized spacial score (nSPS) is 18.8. The number of rotatable bonds is 12. The van der Waals surface area contributed by atoms with Gasteiger partial charge >= 0.3 is 0 Å². The van der Waals surface area contributed by atoms with E-state index in [1.54, 1.807) is 6.07 Å². The number of hydrogen-bond acceptors (Lipinski definition) is 3. The van der Waals surface area contributed by atoms with Crippen LogP contribution in [0.25, 0.3) is 11.1 Å². The molecular formula is C27H37FO3. The van der Waals surface area contributed by atoms with Crippen molar-refractivity contribution in [2.24, 2.45) is 5.92 Å². The van der Waals surface area contributed by atoms with Gasteiger partial charge in [-0.3, -0.25) is 0 Å². The maximum atomic E-state index is 14.7. The second-order valence-electron chi connectivity index (χ2n) is 8.48. The van der Waals surface area contributed by atoms with Gasteiger partial charge in [-0.2, -0.15) is 0 Å². The molecule has 0 aliphatic carbocycles. The van der Waals surface area contributed by atoms with Crippen molar-refractivity contribution in [3.05, 3.63) is 53.8 Å². The molecule has 1 saturated heterocycles. The SMILES string of the molecule is CCCCCCCC1COC(CCc2ccc(-c3ccc(OCC)cc3)c(F)c2)OC1. The van der Waals surface area contributed by atoms with E-state index < -0.39 is 0 Å². The Labute approximate surface area is 186 Å². The van der Waals surface area contributed by atoms with Crippen LogP contribution in [0.2, 0.25) is 0 Å². The standard InChI is InChI=1S/C27H37FO3/c1-3-5-6-7-8-9-22-19-30-27(31-20-22)17-11-21-10-16-25(26(28)18-21)23-12-14-24(15-13-23)29-4-2/h10,12-16,18,22,27H,3-9,11,17,19-20H2,1-2H3. The van der Waals surface area contributed by atoms with Crippen molar-refractivity contribution >= 4 is 0 Å². The largest absolute Gasteiger partial charge is 0.494 e. The lowest BCUT2D eigenvalue weighted by molar-refractivity contribution is -0.203. The zero-order valence-electron chi connectivity index (χ0n) is 19.1. The lowest BCUT2D eigenvalue weighted by atomic mass is 10.00. The van der Waals surface area contributed by atoms with Gasteiger partial charge in [-0.25, -0.2) is 4.39 Å². The molecule has 0 unspecified atom stereocenters. The van der Waals surface area contributed by atoms with E-state index in [4.69, 9.17) is 14.2 Å². The maximum absolute atomic E-state index is 14.7. The molecule has 1 aliphatic rings. The molecule has 2 aromatic carbocycles. The van der Waals surface area contributed by atoms with E-state index in [2.05, 4.69) is 6.92 Å². The van der Waals surface area contributed by atoms with Gasteiger partial charge in [-0.05, 0) is 49.1 Å². The quantitative estimate of drug-likeness (QED) is 0.335. The van der Waals surface area contributed by atoms with Crippen molar-refractivity contribution in [1.29, 1.82) is 0 Å². The molecule has 0 bridgehead atoms. The van der Waals surface area contributed by atoms with Crippen molar-refractivity contribution in [1.82, 2.24) is 0 Å². The number of benzene rings is 2. The first kappa shape index (κ1) is 23.7. The van der Waals surface area contributed by atoms with Crippen molar-refractivity contribution < 1.29 is 18.6 Å². The van der Waals surface area contributed by atoms with Crippen molar-refractivity contribution in [2.75, 3.05) is 19.8 Å². The molecule has 170 valence electrons. The average Bonchev–Trinajstić information content (AvgIpc) is 2.79. The fraction of sp³-hybridized carbons (Fsp3) is 0.556. The summed E-state index contributed by atoms with van der Waals surface area (Å²) in [6.07, 6.45) is 9.04. The Balaban J connectivity index is 1.42. The Morgan fingerprint density at radius 2 is 1.65 bits per heavy atom. The molecule has 3 nitrogen and oxygen atoms in total. The minimum Gasteiger partial charge on any atom is -0.494 e. The van der Waals surface area contributed by atoms with Gasteiger partial charge in [-0.1, -0.05) is 63.3 Å². The van der Waals surface area contributed by atoms with E-state index >= 15 is 0 Å². The maximum Gasteiger partial charge on any atom is 0.157 e. The molecule has 1 aliphatic heterocycles. The van der Waals surface area contributed by atoms with Crippen LogP contribution in [-0.2, 0) is 15.9 Å². The second-order valence-corrected chi connectivity index (χ2v) is 8.48. The molecule has 31 heavy (non-hydrogen) atoms. The molecule has 2 aromatic rings. The molecule has 0 radical (unpaired) electrons. The van der Waals surface area contributed by atoms with Crippen molar-refractivity contribution in [2.45, 2.75) is 71.5 Å². The molecule has 0 saturated carbocycles. The molecule has 4 heteroatoms. The summed E-state index contributed by atoms with van der Waals surface area (Å²) in [5.41, 5.74) is 2.43. The first-order chi connectivity index (χ1) is 15.2. The summed E-state index contributed by atoms with van der Waals surface area (Å²) in [4.78, 5) is 0. The number of hydrogen-bond donors (Lipinski definition) is 0. The zero-order valence-corrected chi connectivity index (χ0v) is 19.1. The van der Waals surface area contributed by atoms with E-state index in [0.29, 0.717) is 18.1 Å². The summed E-state index contributed by atoms with van der Waals surface area (Å²) in [5, 5.41) is 0.